The number of furan rings is 1. The number of hydrogen-bond acceptors (Lipinski definition) is 4. The van der Waals surface area contributed by atoms with Crippen molar-refractivity contribution < 1.29 is 4.42 Å². The van der Waals surface area contributed by atoms with Crippen molar-refractivity contribution in [1.29, 1.82) is 0 Å². The van der Waals surface area contributed by atoms with Gasteiger partial charge in [0.1, 0.15) is 11.2 Å². The van der Waals surface area contributed by atoms with E-state index in [-0.39, 0.29) is 0 Å². The van der Waals surface area contributed by atoms with Crippen LogP contribution in [0.3, 0.4) is 0 Å². The standard InChI is InChI=1S/C57H35N5O/c1-3-17-36(18-4-1)55-58-56(60-57(59-55)46-26-15-30-50-53(46)44-23-9-13-29-49(44)61(50)39-19-5-2-6-20-39)38-33-37(41-25-16-32-52-54(41)45-24-10-14-31-51(45)63-52)34-40(35-38)62-47-27-11-7-21-42(47)43-22-8-12-28-48(43)62/h1-35H. The van der Waals surface area contributed by atoms with E-state index in [0.29, 0.717) is 17.5 Å². The van der Waals surface area contributed by atoms with Crippen molar-refractivity contribution in [3.8, 4) is 56.7 Å². The lowest BCUT2D eigenvalue weighted by Gasteiger charge is -2.15. The minimum absolute atomic E-state index is 0.579. The molecule has 0 saturated heterocycles. The lowest BCUT2D eigenvalue weighted by molar-refractivity contribution is 0.669. The summed E-state index contributed by atoms with van der Waals surface area (Å²) in [7, 11) is 0. The molecule has 4 heterocycles. The topological polar surface area (TPSA) is 61.7 Å². The molecule has 0 radical (unpaired) electrons. The van der Waals surface area contributed by atoms with Crippen LogP contribution in [0.25, 0.3) is 122 Å². The summed E-state index contributed by atoms with van der Waals surface area (Å²) >= 11 is 0. The number of benzene rings is 9. The maximum Gasteiger partial charge on any atom is 0.164 e. The van der Waals surface area contributed by atoms with Crippen molar-refractivity contribution in [3.63, 3.8) is 0 Å². The fourth-order valence-corrected chi connectivity index (χ4v) is 9.64. The van der Waals surface area contributed by atoms with Gasteiger partial charge < -0.3 is 13.6 Å². The molecule has 0 fully saturated rings. The molecule has 13 rings (SSSR count). The van der Waals surface area contributed by atoms with Gasteiger partial charge in [-0.3, -0.25) is 0 Å². The highest BCUT2D eigenvalue weighted by Crippen LogP contribution is 2.42. The first-order chi connectivity index (χ1) is 31.2. The molecule has 6 nitrogen and oxygen atoms in total. The monoisotopic (exact) mass is 805 g/mol. The van der Waals surface area contributed by atoms with Crippen LogP contribution in [0.15, 0.2) is 217 Å². The van der Waals surface area contributed by atoms with Gasteiger partial charge in [-0.15, -0.1) is 0 Å². The zero-order chi connectivity index (χ0) is 41.4. The lowest BCUT2D eigenvalue weighted by Crippen LogP contribution is -2.02. The molecule has 0 bridgehead atoms. The largest absolute Gasteiger partial charge is 0.456 e. The van der Waals surface area contributed by atoms with Crippen molar-refractivity contribution in [2.24, 2.45) is 0 Å². The van der Waals surface area contributed by atoms with Crippen LogP contribution < -0.4 is 0 Å². The van der Waals surface area contributed by atoms with Crippen LogP contribution in [-0.4, -0.2) is 24.1 Å². The lowest BCUT2D eigenvalue weighted by atomic mass is 9.96. The molecule has 294 valence electrons. The zero-order valence-electron chi connectivity index (χ0n) is 33.9. The second kappa shape index (κ2) is 14.0. The molecule has 9 aromatic carbocycles. The van der Waals surface area contributed by atoms with E-state index >= 15 is 0 Å². The second-order valence-corrected chi connectivity index (χ2v) is 16.0. The quantitative estimate of drug-likeness (QED) is 0.168. The average molecular weight is 806 g/mol. The molecular formula is C57H35N5O. The van der Waals surface area contributed by atoms with Gasteiger partial charge in [-0.05, 0) is 77.9 Å². The van der Waals surface area contributed by atoms with Crippen LogP contribution in [0.4, 0.5) is 0 Å². The number of nitrogens with zero attached hydrogens (tertiary/aromatic N) is 5. The van der Waals surface area contributed by atoms with Crippen LogP contribution >= 0.6 is 0 Å². The summed E-state index contributed by atoms with van der Waals surface area (Å²) in [5, 5.41) is 6.75. The Morgan fingerprint density at radius 2 is 0.810 bits per heavy atom. The Bertz CT molecular complexity index is 3860. The maximum absolute atomic E-state index is 6.43. The van der Waals surface area contributed by atoms with E-state index < -0.39 is 0 Å². The van der Waals surface area contributed by atoms with Gasteiger partial charge in [-0.1, -0.05) is 146 Å². The van der Waals surface area contributed by atoms with Gasteiger partial charge in [0.2, 0.25) is 0 Å². The Morgan fingerprint density at radius 1 is 0.302 bits per heavy atom. The molecule has 0 saturated carbocycles. The predicted molar refractivity (Wildman–Crippen MR) is 258 cm³/mol. The minimum atomic E-state index is 0.579. The summed E-state index contributed by atoms with van der Waals surface area (Å²) in [5.74, 6) is 1.79. The highest BCUT2D eigenvalue weighted by Gasteiger charge is 2.22. The summed E-state index contributed by atoms with van der Waals surface area (Å²) in [6.07, 6.45) is 0. The number of aromatic nitrogens is 5. The van der Waals surface area contributed by atoms with Gasteiger partial charge in [0.25, 0.3) is 0 Å². The number of rotatable bonds is 6. The Labute approximate surface area is 361 Å². The van der Waals surface area contributed by atoms with E-state index in [0.717, 1.165) is 94.0 Å². The third kappa shape index (κ3) is 5.55. The fraction of sp³-hybridized carbons (Fsp3) is 0. The van der Waals surface area contributed by atoms with Crippen molar-refractivity contribution in [2.75, 3.05) is 0 Å². The molecule has 0 aliphatic heterocycles. The average Bonchev–Trinajstić information content (AvgIpc) is 4.02. The predicted octanol–water partition coefficient (Wildman–Crippen LogP) is 14.6. The molecule has 0 aliphatic carbocycles. The van der Waals surface area contributed by atoms with Crippen molar-refractivity contribution in [1.82, 2.24) is 24.1 Å². The van der Waals surface area contributed by atoms with E-state index in [9.17, 15) is 0 Å². The van der Waals surface area contributed by atoms with Crippen molar-refractivity contribution in [2.45, 2.75) is 0 Å². The van der Waals surface area contributed by atoms with Crippen molar-refractivity contribution >= 4 is 65.6 Å². The van der Waals surface area contributed by atoms with Crippen LogP contribution in [0.5, 0.6) is 0 Å². The zero-order valence-corrected chi connectivity index (χ0v) is 33.9. The Hall–Kier alpha value is -8.61. The summed E-state index contributed by atoms with van der Waals surface area (Å²) < 4.78 is 11.1. The Balaban J connectivity index is 1.12. The van der Waals surface area contributed by atoms with Gasteiger partial charge in [0.05, 0.1) is 22.1 Å². The van der Waals surface area contributed by atoms with Crippen LogP contribution in [0.1, 0.15) is 0 Å². The molecule has 0 spiro atoms. The Morgan fingerprint density at radius 3 is 1.56 bits per heavy atom. The molecule has 13 aromatic rings. The fourth-order valence-electron chi connectivity index (χ4n) is 9.64. The van der Waals surface area contributed by atoms with Gasteiger partial charge in [0, 0.05) is 60.4 Å². The summed E-state index contributed by atoms with van der Waals surface area (Å²) in [6, 6.07) is 74.4. The molecule has 6 heteroatoms. The molecule has 0 N–H and O–H groups in total. The molecule has 0 amide bonds. The molecule has 63 heavy (non-hydrogen) atoms. The van der Waals surface area contributed by atoms with Crippen molar-refractivity contribution in [3.05, 3.63) is 212 Å². The first-order valence-electron chi connectivity index (χ1n) is 21.2. The van der Waals surface area contributed by atoms with Crippen LogP contribution in [-0.2, 0) is 0 Å². The summed E-state index contributed by atoms with van der Waals surface area (Å²) in [6.45, 7) is 0. The van der Waals surface area contributed by atoms with Gasteiger partial charge in [-0.2, -0.15) is 0 Å². The molecule has 4 aromatic heterocycles. The molecular weight excluding hydrogens is 771 g/mol. The summed E-state index contributed by atoms with van der Waals surface area (Å²) in [4.78, 5) is 16.1. The molecule has 0 aliphatic rings. The van der Waals surface area contributed by atoms with E-state index in [1.54, 1.807) is 0 Å². The first-order valence-corrected chi connectivity index (χ1v) is 21.2. The minimum Gasteiger partial charge on any atom is -0.456 e. The Kier molecular flexibility index (Phi) is 7.80. The van der Waals surface area contributed by atoms with E-state index in [4.69, 9.17) is 19.4 Å². The number of para-hydroxylation sites is 5. The SMILES string of the molecule is c1ccc(-c2nc(-c3cc(-c4cccc5oc6ccccc6c45)cc(-n4c5ccccc5c5ccccc54)c3)nc(-c3cccc4c3c3ccccc3n4-c3ccccc3)n2)cc1. The third-order valence-corrected chi connectivity index (χ3v) is 12.3. The third-order valence-electron chi connectivity index (χ3n) is 12.3. The normalized spacial score (nSPS) is 11.8. The van der Waals surface area contributed by atoms with Gasteiger partial charge in [-0.25, -0.2) is 15.0 Å². The molecule has 0 unspecified atom stereocenters. The van der Waals surface area contributed by atoms with E-state index in [1.807, 2.05) is 30.3 Å². The number of fused-ring (bicyclic) bond motifs is 9. The van der Waals surface area contributed by atoms with E-state index in [2.05, 4.69) is 191 Å². The molecule has 0 atom stereocenters. The smallest absolute Gasteiger partial charge is 0.164 e. The van der Waals surface area contributed by atoms with Gasteiger partial charge >= 0.3 is 0 Å². The van der Waals surface area contributed by atoms with Gasteiger partial charge in [0.15, 0.2) is 17.5 Å². The summed E-state index contributed by atoms with van der Waals surface area (Å²) in [5.41, 5.74) is 13.1. The number of hydrogen-bond donors (Lipinski definition) is 0. The van der Waals surface area contributed by atoms with Crippen LogP contribution in [0.2, 0.25) is 0 Å². The first kappa shape index (κ1) is 35.2. The van der Waals surface area contributed by atoms with E-state index in [1.165, 1.54) is 10.8 Å². The highest BCUT2D eigenvalue weighted by molar-refractivity contribution is 6.16. The van der Waals surface area contributed by atoms with Crippen LogP contribution in [0, 0.1) is 0 Å². The second-order valence-electron chi connectivity index (χ2n) is 16.0. The highest BCUT2D eigenvalue weighted by atomic mass is 16.3. The maximum atomic E-state index is 6.43.